The summed E-state index contributed by atoms with van der Waals surface area (Å²) in [5.74, 6) is 0. The van der Waals surface area contributed by atoms with E-state index < -0.39 is 0 Å². The van der Waals surface area contributed by atoms with Crippen LogP contribution in [0.3, 0.4) is 0 Å². The Labute approximate surface area is 177 Å². The molecule has 0 unspecified atom stereocenters. The van der Waals surface area contributed by atoms with Crippen LogP contribution in [0.1, 0.15) is 82.1 Å². The fraction of sp³-hybridized carbons (Fsp3) is 1.00. The molecule has 28 heavy (non-hydrogen) atoms. The van der Waals surface area contributed by atoms with E-state index in [1.807, 2.05) is 48.5 Å². The van der Waals surface area contributed by atoms with Gasteiger partial charge in [-0.1, -0.05) is 27.7 Å². The lowest BCUT2D eigenvalue weighted by Gasteiger charge is -1.91. The minimum Gasteiger partial charge on any atom is -0.397 e. The van der Waals surface area contributed by atoms with Gasteiger partial charge in [-0.2, -0.15) is 0 Å². The molecule has 6 heteroatoms. The molecule has 0 saturated carbocycles. The molecule has 0 amide bonds. The second-order valence-electron chi connectivity index (χ2n) is 4.41. The first-order valence-electron chi connectivity index (χ1n) is 11.1. The number of aliphatic hydroxyl groups excluding tert-OH is 2. The molecule has 0 bridgehead atoms. The van der Waals surface area contributed by atoms with E-state index in [1.54, 1.807) is 6.92 Å². The standard InChI is InChI=1S/2C5H12O.C4H10O2.C4H10O.C2H6O.C2H6/c2*1-3-5-6-4-2;1-2-6-4-3-5;1-3-5-4-2;1-2-3;1-2/h2*3-5H2,1-2H3;5H,2-4H2,1H3;3-4H2,1-2H3;3H,2H2,1H3;1-2H3. The Morgan fingerprint density at radius 1 is 0.464 bits per heavy atom. The van der Waals surface area contributed by atoms with Crippen molar-refractivity contribution < 1.29 is 29.2 Å². The van der Waals surface area contributed by atoms with Gasteiger partial charge >= 0.3 is 0 Å². The lowest BCUT2D eigenvalue weighted by atomic mass is 10.5. The van der Waals surface area contributed by atoms with E-state index in [1.165, 1.54) is 0 Å². The lowest BCUT2D eigenvalue weighted by Crippen LogP contribution is -1.96. The highest BCUT2D eigenvalue weighted by molar-refractivity contribution is 4.20. The van der Waals surface area contributed by atoms with E-state index in [0.717, 1.165) is 52.5 Å². The zero-order valence-corrected chi connectivity index (χ0v) is 21.0. The molecule has 0 aliphatic rings. The third kappa shape index (κ3) is 136. The molecule has 2 N–H and O–H groups in total. The van der Waals surface area contributed by atoms with E-state index in [0.29, 0.717) is 13.2 Å². The molecule has 0 atom stereocenters. The Kier molecular flexibility index (Phi) is 107. The predicted octanol–water partition coefficient (Wildman–Crippen LogP) is 4.95. The maximum Gasteiger partial charge on any atom is 0.0697 e. The molecule has 0 aromatic heterocycles. The molecular formula is C22H56O6. The van der Waals surface area contributed by atoms with Crippen LogP contribution < -0.4 is 0 Å². The smallest absolute Gasteiger partial charge is 0.0697 e. The van der Waals surface area contributed by atoms with E-state index in [9.17, 15) is 0 Å². The Hall–Kier alpha value is -0.240. The monoisotopic (exact) mass is 416 g/mol. The zero-order valence-electron chi connectivity index (χ0n) is 21.0. The van der Waals surface area contributed by atoms with E-state index >= 15 is 0 Å². The van der Waals surface area contributed by atoms with Crippen LogP contribution in [0.5, 0.6) is 0 Å². The van der Waals surface area contributed by atoms with Crippen LogP contribution in [0.4, 0.5) is 0 Å². The summed E-state index contributed by atoms with van der Waals surface area (Å²) in [5.41, 5.74) is 0. The SMILES string of the molecule is CC.CCCOCC.CCCOCC.CCO.CCOCC.CCOCCO. The van der Waals surface area contributed by atoms with Gasteiger partial charge in [0.1, 0.15) is 0 Å². The Morgan fingerprint density at radius 2 is 0.714 bits per heavy atom. The van der Waals surface area contributed by atoms with Gasteiger partial charge in [0.2, 0.25) is 0 Å². The second-order valence-corrected chi connectivity index (χ2v) is 4.41. The van der Waals surface area contributed by atoms with Crippen molar-refractivity contribution in [2.24, 2.45) is 0 Å². The predicted molar refractivity (Wildman–Crippen MR) is 123 cm³/mol. The summed E-state index contributed by atoms with van der Waals surface area (Å²) >= 11 is 0. The topological polar surface area (TPSA) is 77.4 Å². The number of ether oxygens (including phenoxy) is 4. The quantitative estimate of drug-likeness (QED) is 0.464. The number of rotatable bonds is 11. The van der Waals surface area contributed by atoms with Crippen LogP contribution in [0.2, 0.25) is 0 Å². The van der Waals surface area contributed by atoms with Gasteiger partial charge in [0, 0.05) is 52.9 Å². The molecule has 0 aliphatic carbocycles. The summed E-state index contributed by atoms with van der Waals surface area (Å²) in [6.45, 7) is 26.6. The molecule has 0 aliphatic heterocycles. The van der Waals surface area contributed by atoms with Crippen LogP contribution in [-0.4, -0.2) is 76.3 Å². The van der Waals surface area contributed by atoms with Crippen molar-refractivity contribution in [3.63, 3.8) is 0 Å². The molecule has 0 aromatic carbocycles. The molecule has 0 radical (unpaired) electrons. The van der Waals surface area contributed by atoms with Gasteiger partial charge in [-0.15, -0.1) is 0 Å². The van der Waals surface area contributed by atoms with Gasteiger partial charge in [0.15, 0.2) is 0 Å². The van der Waals surface area contributed by atoms with Crippen molar-refractivity contribution in [3.8, 4) is 0 Å². The number of hydrogen-bond donors (Lipinski definition) is 2. The minimum atomic E-state index is 0.133. The highest BCUT2D eigenvalue weighted by Gasteiger charge is 1.74. The van der Waals surface area contributed by atoms with Crippen molar-refractivity contribution in [1.29, 1.82) is 0 Å². The summed E-state index contributed by atoms with van der Waals surface area (Å²) in [5, 5.41) is 15.6. The zero-order chi connectivity index (χ0) is 23.3. The Bertz CT molecular complexity index is 116. The van der Waals surface area contributed by atoms with Crippen molar-refractivity contribution in [2.45, 2.75) is 82.1 Å². The molecular weight excluding hydrogens is 360 g/mol. The fourth-order valence-corrected chi connectivity index (χ4v) is 0.990. The van der Waals surface area contributed by atoms with Crippen LogP contribution in [-0.2, 0) is 18.9 Å². The van der Waals surface area contributed by atoms with Crippen LogP contribution >= 0.6 is 0 Å². The Morgan fingerprint density at radius 3 is 0.786 bits per heavy atom. The first kappa shape index (κ1) is 42.0. The molecule has 0 spiro atoms. The van der Waals surface area contributed by atoms with Crippen molar-refractivity contribution in [3.05, 3.63) is 0 Å². The summed E-state index contributed by atoms with van der Waals surface area (Å²) in [6, 6.07) is 0. The molecule has 6 nitrogen and oxygen atoms in total. The van der Waals surface area contributed by atoms with Crippen LogP contribution in [0.25, 0.3) is 0 Å². The van der Waals surface area contributed by atoms with Crippen LogP contribution in [0.15, 0.2) is 0 Å². The second kappa shape index (κ2) is 71.5. The average molecular weight is 417 g/mol. The Balaban J connectivity index is -0.0000000536. The minimum absolute atomic E-state index is 0.133. The summed E-state index contributed by atoms with van der Waals surface area (Å²) in [7, 11) is 0. The first-order valence-corrected chi connectivity index (χ1v) is 11.1. The fourth-order valence-electron chi connectivity index (χ4n) is 0.990. The number of hydrogen-bond acceptors (Lipinski definition) is 6. The van der Waals surface area contributed by atoms with Gasteiger partial charge in [-0.05, 0) is 54.4 Å². The molecule has 0 saturated heterocycles. The van der Waals surface area contributed by atoms with Crippen molar-refractivity contribution in [1.82, 2.24) is 0 Å². The van der Waals surface area contributed by atoms with Gasteiger partial charge < -0.3 is 29.2 Å². The molecule has 180 valence electrons. The molecule has 0 heterocycles. The average Bonchev–Trinajstić information content (AvgIpc) is 2.73. The maximum absolute atomic E-state index is 8.07. The van der Waals surface area contributed by atoms with Gasteiger partial charge in [-0.3, -0.25) is 0 Å². The highest BCUT2D eigenvalue weighted by Crippen LogP contribution is 1.76. The molecule has 0 rings (SSSR count). The maximum atomic E-state index is 8.07. The van der Waals surface area contributed by atoms with Crippen molar-refractivity contribution >= 4 is 0 Å². The highest BCUT2D eigenvalue weighted by atomic mass is 16.5. The lowest BCUT2D eigenvalue weighted by molar-refractivity contribution is 0.102. The van der Waals surface area contributed by atoms with Crippen LogP contribution in [0, 0.1) is 0 Å². The van der Waals surface area contributed by atoms with Gasteiger partial charge in [0.25, 0.3) is 0 Å². The van der Waals surface area contributed by atoms with Gasteiger partial charge in [-0.25, -0.2) is 0 Å². The largest absolute Gasteiger partial charge is 0.397 e. The number of aliphatic hydroxyl groups is 2. The third-order valence-electron chi connectivity index (χ3n) is 1.95. The van der Waals surface area contributed by atoms with E-state index in [-0.39, 0.29) is 13.2 Å². The normalized spacial score (nSPS) is 8.14. The van der Waals surface area contributed by atoms with Gasteiger partial charge in [0.05, 0.1) is 13.2 Å². The summed E-state index contributed by atoms with van der Waals surface area (Å²) in [6.07, 6.45) is 2.27. The third-order valence-corrected chi connectivity index (χ3v) is 1.95. The van der Waals surface area contributed by atoms with Crippen molar-refractivity contribution in [2.75, 3.05) is 66.1 Å². The molecule has 0 aromatic rings. The summed E-state index contributed by atoms with van der Waals surface area (Å²) in [4.78, 5) is 0. The first-order chi connectivity index (χ1) is 13.6. The molecule has 0 fully saturated rings. The van der Waals surface area contributed by atoms with E-state index in [4.69, 9.17) is 29.2 Å². The summed E-state index contributed by atoms with van der Waals surface area (Å²) < 4.78 is 19.5. The van der Waals surface area contributed by atoms with E-state index in [2.05, 4.69) is 13.8 Å².